The fraction of sp³-hybridized carbons (Fsp3) is 0.706. The SMILES string of the molecule is C=CC[Si](C)(C1C(C)C(C)[C@@H]2C(C)=C(C)C(C)=C(C)C12)C1C2C(C)=C(C)C(C)=C(C)[C@H]2[C@@H](C)C1C. The van der Waals surface area contributed by atoms with Gasteiger partial charge in [0.2, 0.25) is 0 Å². The Morgan fingerprint density at radius 3 is 1.11 bits per heavy atom. The van der Waals surface area contributed by atoms with E-state index < -0.39 is 8.07 Å². The molecule has 0 aromatic heterocycles. The van der Waals surface area contributed by atoms with Gasteiger partial charge in [0.05, 0.1) is 8.07 Å². The maximum absolute atomic E-state index is 4.40. The fourth-order valence-electron chi connectivity index (χ4n) is 10.5. The summed E-state index contributed by atoms with van der Waals surface area (Å²) in [6, 6.07) is 1.27. The molecule has 194 valence electrons. The molecule has 4 aliphatic carbocycles. The highest BCUT2D eigenvalue weighted by molar-refractivity contribution is 6.82. The van der Waals surface area contributed by atoms with E-state index >= 15 is 0 Å². The Bertz CT molecular complexity index is 968. The maximum Gasteiger partial charge on any atom is 0.0622 e. The molecule has 0 nitrogen and oxygen atoms in total. The first-order chi connectivity index (χ1) is 16.2. The molecule has 0 spiro atoms. The van der Waals surface area contributed by atoms with E-state index in [2.05, 4.69) is 102 Å². The van der Waals surface area contributed by atoms with Gasteiger partial charge in [0, 0.05) is 0 Å². The lowest BCUT2D eigenvalue weighted by Crippen LogP contribution is -2.49. The van der Waals surface area contributed by atoms with E-state index in [1.165, 1.54) is 6.04 Å². The van der Waals surface area contributed by atoms with Crippen molar-refractivity contribution in [2.45, 2.75) is 107 Å². The van der Waals surface area contributed by atoms with E-state index in [0.717, 1.165) is 58.4 Å². The standard InChI is InChI=1S/C34H54Si/c1-15-16-35(14,33-27(12)25(10)29-21(6)17(2)19(4)23(8)31(29)33)34-28(13)26(11)30-22(7)18(3)20(5)24(9)32(30)34/h15,25-34H,1,16H2,2-14H3/t25-,26?,27?,28?,29-,30-,31?,32?,33?,34?,35?/m0/s1. The number of fused-ring (bicyclic) bond motifs is 2. The Hall–Kier alpha value is -1.08. The second kappa shape index (κ2) is 9.04. The Labute approximate surface area is 219 Å². The van der Waals surface area contributed by atoms with Crippen LogP contribution in [0.3, 0.4) is 0 Å². The molecule has 0 bridgehead atoms. The summed E-state index contributed by atoms with van der Waals surface area (Å²) in [7, 11) is -1.79. The second-order valence-electron chi connectivity index (χ2n) is 13.8. The number of allylic oxidation sites excluding steroid dienone is 9. The molecule has 4 aliphatic rings. The molecule has 0 saturated heterocycles. The van der Waals surface area contributed by atoms with E-state index in [0.29, 0.717) is 0 Å². The molecule has 8 unspecified atom stereocenters. The normalized spacial score (nSPS) is 43.6. The molecule has 0 aliphatic heterocycles. The summed E-state index contributed by atoms with van der Waals surface area (Å²) < 4.78 is 0. The van der Waals surface area contributed by atoms with Crippen LogP contribution in [0.5, 0.6) is 0 Å². The summed E-state index contributed by atoms with van der Waals surface area (Å²) in [5, 5.41) is 0. The van der Waals surface area contributed by atoms with Crippen molar-refractivity contribution in [2.75, 3.05) is 0 Å². The first-order valence-corrected chi connectivity index (χ1v) is 17.4. The second-order valence-corrected chi connectivity index (χ2v) is 18.6. The number of hydrogen-bond acceptors (Lipinski definition) is 0. The Kier molecular flexibility index (Phi) is 6.96. The van der Waals surface area contributed by atoms with Gasteiger partial charge < -0.3 is 0 Å². The van der Waals surface area contributed by atoms with Gasteiger partial charge in [0.15, 0.2) is 0 Å². The quantitative estimate of drug-likeness (QED) is 0.271. The van der Waals surface area contributed by atoms with Crippen LogP contribution in [0.1, 0.15) is 83.1 Å². The van der Waals surface area contributed by atoms with Crippen molar-refractivity contribution in [3.63, 3.8) is 0 Å². The molecule has 2 fully saturated rings. The van der Waals surface area contributed by atoms with Crippen molar-refractivity contribution in [3.8, 4) is 0 Å². The molecular weight excluding hydrogens is 436 g/mol. The van der Waals surface area contributed by atoms with Crippen molar-refractivity contribution in [1.82, 2.24) is 0 Å². The maximum atomic E-state index is 4.40. The first-order valence-electron chi connectivity index (χ1n) is 14.5. The van der Waals surface area contributed by atoms with E-state index in [-0.39, 0.29) is 0 Å². The lowest BCUT2D eigenvalue weighted by Gasteiger charge is -2.50. The summed E-state index contributed by atoms with van der Waals surface area (Å²) in [6.07, 6.45) is 2.34. The molecule has 0 amide bonds. The van der Waals surface area contributed by atoms with Crippen LogP contribution in [-0.2, 0) is 0 Å². The van der Waals surface area contributed by atoms with Gasteiger partial charge >= 0.3 is 0 Å². The fourth-order valence-corrected chi connectivity index (χ4v) is 17.7. The first kappa shape index (κ1) is 27.0. The van der Waals surface area contributed by atoms with E-state index in [9.17, 15) is 0 Å². The van der Waals surface area contributed by atoms with Crippen molar-refractivity contribution in [2.24, 2.45) is 47.3 Å². The molecule has 0 heterocycles. The van der Waals surface area contributed by atoms with Crippen LogP contribution in [0.2, 0.25) is 23.7 Å². The van der Waals surface area contributed by atoms with Gasteiger partial charge in [-0.1, -0.05) is 62.6 Å². The zero-order valence-electron chi connectivity index (χ0n) is 25.3. The molecule has 0 aromatic carbocycles. The zero-order chi connectivity index (χ0) is 26.3. The predicted octanol–water partition coefficient (Wildman–Crippen LogP) is 10.4. The Morgan fingerprint density at radius 2 is 0.829 bits per heavy atom. The van der Waals surface area contributed by atoms with E-state index in [4.69, 9.17) is 0 Å². The Balaban J connectivity index is 1.92. The van der Waals surface area contributed by atoms with Crippen molar-refractivity contribution < 1.29 is 0 Å². The van der Waals surface area contributed by atoms with E-state index in [1.54, 1.807) is 44.6 Å². The van der Waals surface area contributed by atoms with Crippen LogP contribution in [0, 0.1) is 47.3 Å². The molecule has 0 N–H and O–H groups in total. The largest absolute Gasteiger partial charge is 0.103 e. The van der Waals surface area contributed by atoms with Crippen molar-refractivity contribution in [3.05, 3.63) is 57.2 Å². The van der Waals surface area contributed by atoms with Crippen LogP contribution in [0.4, 0.5) is 0 Å². The highest BCUT2D eigenvalue weighted by atomic mass is 28.3. The molecule has 4 rings (SSSR count). The van der Waals surface area contributed by atoms with Gasteiger partial charge in [-0.05, 0) is 142 Å². The van der Waals surface area contributed by atoms with Crippen LogP contribution in [-0.4, -0.2) is 8.07 Å². The summed E-state index contributed by atoms with van der Waals surface area (Å²) >= 11 is 0. The summed E-state index contributed by atoms with van der Waals surface area (Å²) in [4.78, 5) is 0. The van der Waals surface area contributed by atoms with Gasteiger partial charge in [-0.25, -0.2) is 0 Å². The van der Waals surface area contributed by atoms with E-state index in [1.807, 2.05) is 0 Å². The molecular formula is C34H54Si. The van der Waals surface area contributed by atoms with Gasteiger partial charge in [-0.3, -0.25) is 0 Å². The zero-order valence-corrected chi connectivity index (χ0v) is 26.3. The third-order valence-electron chi connectivity index (χ3n) is 13.1. The van der Waals surface area contributed by atoms with Gasteiger partial charge in [0.25, 0.3) is 0 Å². The molecule has 1 heteroatoms. The van der Waals surface area contributed by atoms with Gasteiger partial charge in [-0.2, -0.15) is 0 Å². The minimum absolute atomic E-state index is 0.730. The highest BCUT2D eigenvalue weighted by Crippen LogP contribution is 2.69. The van der Waals surface area contributed by atoms with Crippen LogP contribution < -0.4 is 0 Å². The average Bonchev–Trinajstić information content (AvgIpc) is 3.24. The summed E-state index contributed by atoms with van der Waals surface area (Å²) in [5.74, 6) is 6.00. The third kappa shape index (κ3) is 3.49. The monoisotopic (exact) mass is 490 g/mol. The predicted molar refractivity (Wildman–Crippen MR) is 158 cm³/mol. The van der Waals surface area contributed by atoms with Gasteiger partial charge in [-0.15, -0.1) is 6.58 Å². The van der Waals surface area contributed by atoms with Crippen LogP contribution >= 0.6 is 0 Å². The highest BCUT2D eigenvalue weighted by Gasteiger charge is 2.63. The minimum atomic E-state index is -1.79. The summed E-state index contributed by atoms with van der Waals surface area (Å²) in [6.45, 7) is 37.2. The number of hydrogen-bond donors (Lipinski definition) is 0. The van der Waals surface area contributed by atoms with Crippen molar-refractivity contribution in [1.29, 1.82) is 0 Å². The van der Waals surface area contributed by atoms with Crippen molar-refractivity contribution >= 4 is 8.07 Å². The number of rotatable bonds is 4. The topological polar surface area (TPSA) is 0 Å². The Morgan fingerprint density at radius 1 is 0.543 bits per heavy atom. The molecule has 2 saturated carbocycles. The summed E-state index contributed by atoms with van der Waals surface area (Å²) in [5.41, 5.74) is 14.8. The minimum Gasteiger partial charge on any atom is -0.103 e. The lowest BCUT2D eigenvalue weighted by atomic mass is 9.72. The van der Waals surface area contributed by atoms with Crippen LogP contribution in [0.15, 0.2) is 57.2 Å². The smallest absolute Gasteiger partial charge is 0.0622 e. The van der Waals surface area contributed by atoms with Gasteiger partial charge in [0.1, 0.15) is 0 Å². The molecule has 11 atom stereocenters. The molecule has 0 radical (unpaired) electrons. The average molecular weight is 491 g/mol. The molecule has 0 aromatic rings. The van der Waals surface area contributed by atoms with Crippen LogP contribution in [0.25, 0.3) is 0 Å². The molecule has 35 heavy (non-hydrogen) atoms. The lowest BCUT2D eigenvalue weighted by molar-refractivity contribution is 0.370. The third-order valence-corrected chi connectivity index (χ3v) is 19.1.